The normalized spacial score (nSPS) is 18.0. The molecule has 2 heterocycles. The zero-order valence-corrected chi connectivity index (χ0v) is 11.6. The second-order valence-corrected chi connectivity index (χ2v) is 4.95. The van der Waals surface area contributed by atoms with Crippen molar-refractivity contribution in [3.8, 4) is 5.75 Å². The van der Waals surface area contributed by atoms with Gasteiger partial charge in [-0.2, -0.15) is 4.98 Å². The summed E-state index contributed by atoms with van der Waals surface area (Å²) in [7, 11) is 1.69. The van der Waals surface area contributed by atoms with Crippen LogP contribution < -0.4 is 9.64 Å². The Morgan fingerprint density at radius 1 is 1.38 bits per heavy atom. The monoisotopic (exact) mass is 288 g/mol. The summed E-state index contributed by atoms with van der Waals surface area (Å²) >= 11 is 0. The van der Waals surface area contributed by atoms with Crippen molar-refractivity contribution in [3.05, 3.63) is 36.2 Å². The number of benzene rings is 1. The van der Waals surface area contributed by atoms with Gasteiger partial charge >= 0.3 is 5.97 Å². The van der Waals surface area contributed by atoms with Gasteiger partial charge in [-0.3, -0.25) is 0 Å². The van der Waals surface area contributed by atoms with E-state index in [1.54, 1.807) is 7.05 Å². The number of aromatic carboxylic acids is 1. The van der Waals surface area contributed by atoms with Crippen molar-refractivity contribution in [2.24, 2.45) is 7.05 Å². The third-order valence-corrected chi connectivity index (χ3v) is 3.41. The molecule has 1 aliphatic heterocycles. The van der Waals surface area contributed by atoms with Crippen LogP contribution in [-0.4, -0.2) is 45.0 Å². The molecule has 3 rings (SSSR count). The summed E-state index contributed by atoms with van der Waals surface area (Å²) in [5.74, 6) is 0.105. The van der Waals surface area contributed by atoms with Crippen LogP contribution in [0.2, 0.25) is 0 Å². The van der Waals surface area contributed by atoms with Gasteiger partial charge in [-0.25, -0.2) is 9.48 Å². The first kappa shape index (κ1) is 13.4. The molecule has 0 spiro atoms. The molecular weight excluding hydrogens is 272 g/mol. The van der Waals surface area contributed by atoms with E-state index in [-0.39, 0.29) is 11.9 Å². The standard InChI is InChI=1S/C14H16N4O3/c1-17-14(15-12(16-17)13(19)20)18-8-7-11(9-18)21-10-5-3-2-4-6-10/h2-6,11H,7-9H2,1H3,(H,19,20)/t11-/m1/s1. The van der Waals surface area contributed by atoms with Crippen LogP contribution in [0.3, 0.4) is 0 Å². The molecule has 1 atom stereocenters. The van der Waals surface area contributed by atoms with Gasteiger partial charge in [0.1, 0.15) is 11.9 Å². The zero-order chi connectivity index (χ0) is 14.8. The van der Waals surface area contributed by atoms with E-state index in [2.05, 4.69) is 10.1 Å². The Morgan fingerprint density at radius 2 is 2.14 bits per heavy atom. The highest BCUT2D eigenvalue weighted by molar-refractivity contribution is 5.83. The average Bonchev–Trinajstić information content (AvgIpc) is 3.06. The molecule has 21 heavy (non-hydrogen) atoms. The fourth-order valence-corrected chi connectivity index (χ4v) is 2.44. The zero-order valence-electron chi connectivity index (χ0n) is 11.6. The van der Waals surface area contributed by atoms with Gasteiger partial charge in [-0.1, -0.05) is 18.2 Å². The van der Waals surface area contributed by atoms with E-state index in [9.17, 15) is 4.79 Å². The summed E-state index contributed by atoms with van der Waals surface area (Å²) in [6, 6.07) is 9.66. The van der Waals surface area contributed by atoms with Gasteiger partial charge in [-0.05, 0) is 12.1 Å². The van der Waals surface area contributed by atoms with Crippen LogP contribution in [0.5, 0.6) is 5.75 Å². The predicted molar refractivity (Wildman–Crippen MR) is 75.7 cm³/mol. The largest absolute Gasteiger partial charge is 0.489 e. The molecule has 0 bridgehead atoms. The Kier molecular flexibility index (Phi) is 3.47. The Bertz CT molecular complexity index is 641. The van der Waals surface area contributed by atoms with Crippen LogP contribution in [0, 0.1) is 0 Å². The van der Waals surface area contributed by atoms with Crippen molar-refractivity contribution in [2.45, 2.75) is 12.5 Å². The molecule has 2 aromatic rings. The van der Waals surface area contributed by atoms with Crippen LogP contribution >= 0.6 is 0 Å². The van der Waals surface area contributed by atoms with Crippen LogP contribution in [0.25, 0.3) is 0 Å². The molecule has 0 unspecified atom stereocenters. The first-order valence-corrected chi connectivity index (χ1v) is 6.74. The maximum atomic E-state index is 10.9. The Morgan fingerprint density at radius 3 is 2.81 bits per heavy atom. The number of carboxylic acid groups (broad SMARTS) is 1. The second kappa shape index (κ2) is 5.43. The number of hydrogen-bond donors (Lipinski definition) is 1. The van der Waals surface area contributed by atoms with E-state index in [0.717, 1.165) is 18.7 Å². The quantitative estimate of drug-likeness (QED) is 0.909. The molecule has 0 radical (unpaired) electrons. The van der Waals surface area contributed by atoms with Crippen molar-refractivity contribution in [2.75, 3.05) is 18.0 Å². The van der Waals surface area contributed by atoms with Gasteiger partial charge in [0.05, 0.1) is 6.54 Å². The number of aromatic nitrogens is 3. The molecule has 1 aromatic carbocycles. The number of para-hydroxylation sites is 1. The number of carboxylic acids is 1. The van der Waals surface area contributed by atoms with E-state index in [4.69, 9.17) is 9.84 Å². The number of rotatable bonds is 4. The molecule has 0 amide bonds. The number of aryl methyl sites for hydroxylation is 1. The van der Waals surface area contributed by atoms with Crippen molar-refractivity contribution in [1.82, 2.24) is 14.8 Å². The lowest BCUT2D eigenvalue weighted by Crippen LogP contribution is -2.26. The van der Waals surface area contributed by atoms with Gasteiger partial charge in [-0.15, -0.1) is 5.10 Å². The number of nitrogens with zero attached hydrogens (tertiary/aromatic N) is 4. The minimum atomic E-state index is -1.12. The summed E-state index contributed by atoms with van der Waals surface area (Å²) in [6.07, 6.45) is 0.932. The maximum absolute atomic E-state index is 10.9. The van der Waals surface area contributed by atoms with E-state index >= 15 is 0 Å². The first-order chi connectivity index (χ1) is 10.1. The molecule has 1 N–H and O–H groups in total. The van der Waals surface area contributed by atoms with Crippen molar-refractivity contribution >= 4 is 11.9 Å². The molecule has 1 fully saturated rings. The molecular formula is C14H16N4O3. The van der Waals surface area contributed by atoms with Crippen LogP contribution in [0.1, 0.15) is 17.0 Å². The minimum absolute atomic E-state index is 0.0670. The third-order valence-electron chi connectivity index (χ3n) is 3.41. The lowest BCUT2D eigenvalue weighted by molar-refractivity contribution is 0.0683. The van der Waals surface area contributed by atoms with Gasteiger partial charge < -0.3 is 14.7 Å². The predicted octanol–water partition coefficient (Wildman–Crippen LogP) is 1.17. The molecule has 0 aliphatic carbocycles. The van der Waals surface area contributed by atoms with E-state index < -0.39 is 5.97 Å². The summed E-state index contributed by atoms with van der Waals surface area (Å²) in [6.45, 7) is 1.43. The molecule has 7 nitrogen and oxygen atoms in total. The molecule has 110 valence electrons. The van der Waals surface area contributed by atoms with Crippen molar-refractivity contribution in [3.63, 3.8) is 0 Å². The highest BCUT2D eigenvalue weighted by atomic mass is 16.5. The fourth-order valence-electron chi connectivity index (χ4n) is 2.44. The summed E-state index contributed by atoms with van der Waals surface area (Å²) in [5, 5.41) is 12.8. The van der Waals surface area contributed by atoms with Gasteiger partial charge in [0.25, 0.3) is 5.82 Å². The smallest absolute Gasteiger partial charge is 0.375 e. The summed E-state index contributed by atoms with van der Waals surface area (Å²) in [4.78, 5) is 17.0. The highest BCUT2D eigenvalue weighted by Gasteiger charge is 2.28. The Balaban J connectivity index is 1.68. The third kappa shape index (κ3) is 2.81. The van der Waals surface area contributed by atoms with E-state index in [0.29, 0.717) is 12.5 Å². The minimum Gasteiger partial charge on any atom is -0.489 e. The SMILES string of the molecule is Cn1nc(C(=O)O)nc1N1CC[C@@H](Oc2ccccc2)C1. The molecule has 1 aliphatic rings. The summed E-state index contributed by atoms with van der Waals surface area (Å²) < 4.78 is 7.40. The van der Waals surface area contributed by atoms with Crippen LogP contribution in [0.15, 0.2) is 30.3 Å². The lowest BCUT2D eigenvalue weighted by atomic mass is 10.3. The number of anilines is 1. The lowest BCUT2D eigenvalue weighted by Gasteiger charge is -2.17. The van der Waals surface area contributed by atoms with Gasteiger partial charge in [0.15, 0.2) is 0 Å². The molecule has 1 aromatic heterocycles. The number of carbonyl (C=O) groups is 1. The van der Waals surface area contributed by atoms with Gasteiger partial charge in [0.2, 0.25) is 5.95 Å². The average molecular weight is 288 g/mol. The molecule has 1 saturated heterocycles. The van der Waals surface area contributed by atoms with E-state index in [1.165, 1.54) is 4.68 Å². The summed E-state index contributed by atoms with van der Waals surface area (Å²) in [5.41, 5.74) is 0. The molecule has 0 saturated carbocycles. The van der Waals surface area contributed by atoms with Crippen molar-refractivity contribution < 1.29 is 14.6 Å². The van der Waals surface area contributed by atoms with Crippen LogP contribution in [0.4, 0.5) is 5.95 Å². The topological polar surface area (TPSA) is 80.5 Å². The Hall–Kier alpha value is -2.57. The van der Waals surface area contributed by atoms with Crippen molar-refractivity contribution in [1.29, 1.82) is 0 Å². The Labute approximate surface area is 121 Å². The maximum Gasteiger partial charge on any atom is 0.375 e. The van der Waals surface area contributed by atoms with Gasteiger partial charge in [0, 0.05) is 20.0 Å². The first-order valence-electron chi connectivity index (χ1n) is 6.74. The molecule has 7 heteroatoms. The van der Waals surface area contributed by atoms with Crippen LogP contribution in [-0.2, 0) is 7.05 Å². The van der Waals surface area contributed by atoms with E-state index in [1.807, 2.05) is 35.2 Å². The number of ether oxygens (including phenoxy) is 1. The number of hydrogen-bond acceptors (Lipinski definition) is 5. The second-order valence-electron chi connectivity index (χ2n) is 4.95. The highest BCUT2D eigenvalue weighted by Crippen LogP contribution is 2.22. The fraction of sp³-hybridized carbons (Fsp3) is 0.357.